The predicted octanol–water partition coefficient (Wildman–Crippen LogP) is 0.741. The lowest BCUT2D eigenvalue weighted by atomic mass is 9.82. The quantitative estimate of drug-likeness (QED) is 0.706. The summed E-state index contributed by atoms with van der Waals surface area (Å²) in [4.78, 5) is 0. The largest absolute Gasteiger partial charge is 0.390 e. The summed E-state index contributed by atoms with van der Waals surface area (Å²) in [5.74, 6) is 0.797. The Kier molecular flexibility index (Phi) is 1.84. The van der Waals surface area contributed by atoms with E-state index in [1.807, 2.05) is 4.68 Å². The number of hydrogen-bond acceptors (Lipinski definition) is 3. The van der Waals surface area contributed by atoms with Gasteiger partial charge >= 0.3 is 0 Å². The number of hydrogen-bond donors (Lipinski definition) is 1. The molecule has 66 valence electrons. The van der Waals surface area contributed by atoms with Crippen molar-refractivity contribution in [2.24, 2.45) is 5.92 Å². The van der Waals surface area contributed by atoms with Crippen LogP contribution in [0.4, 0.5) is 0 Å². The number of nitrogens with zero attached hydrogens (tertiary/aromatic N) is 3. The summed E-state index contributed by atoms with van der Waals surface area (Å²) >= 11 is 0. The summed E-state index contributed by atoms with van der Waals surface area (Å²) in [5, 5.41) is 16.7. The molecule has 0 aromatic carbocycles. The molecule has 0 amide bonds. The van der Waals surface area contributed by atoms with Gasteiger partial charge in [0.25, 0.3) is 0 Å². The van der Waals surface area contributed by atoms with Crippen LogP contribution < -0.4 is 0 Å². The highest BCUT2D eigenvalue weighted by Gasteiger charge is 2.28. The van der Waals surface area contributed by atoms with E-state index in [0.29, 0.717) is 6.04 Å². The Hall–Kier alpha value is -0.900. The fourth-order valence-corrected chi connectivity index (χ4v) is 1.75. The standard InChI is InChI=1S/C8H13N3O/c1-6-2-7(3-6)11-8(5-12)4-9-10-11/h4,6-7,12H,2-3,5H2,1H3/t6-,7+. The topological polar surface area (TPSA) is 50.9 Å². The van der Waals surface area contributed by atoms with Gasteiger partial charge in [-0.2, -0.15) is 0 Å². The smallest absolute Gasteiger partial charge is 0.0866 e. The van der Waals surface area contributed by atoms with Gasteiger partial charge in [-0.25, -0.2) is 4.68 Å². The molecule has 2 rings (SSSR count). The molecule has 0 spiro atoms. The molecule has 1 heterocycles. The van der Waals surface area contributed by atoms with E-state index in [9.17, 15) is 0 Å². The van der Waals surface area contributed by atoms with Crippen molar-refractivity contribution in [2.75, 3.05) is 0 Å². The monoisotopic (exact) mass is 167 g/mol. The minimum Gasteiger partial charge on any atom is -0.390 e. The third-order valence-electron chi connectivity index (χ3n) is 2.51. The molecule has 1 aliphatic carbocycles. The van der Waals surface area contributed by atoms with E-state index in [1.165, 1.54) is 0 Å². The van der Waals surface area contributed by atoms with Crippen LogP contribution in [0.25, 0.3) is 0 Å². The van der Waals surface area contributed by atoms with Gasteiger partial charge in [-0.1, -0.05) is 12.1 Å². The molecule has 1 fully saturated rings. The summed E-state index contributed by atoms with van der Waals surface area (Å²) < 4.78 is 1.85. The van der Waals surface area contributed by atoms with Crippen LogP contribution in [0.5, 0.6) is 0 Å². The van der Waals surface area contributed by atoms with Gasteiger partial charge in [0.1, 0.15) is 0 Å². The number of aliphatic hydroxyl groups is 1. The molecular formula is C8H13N3O. The SMILES string of the molecule is C[C@H]1C[C@@H](n2nncc2CO)C1. The molecule has 4 heteroatoms. The lowest BCUT2D eigenvalue weighted by Gasteiger charge is -2.33. The maximum Gasteiger partial charge on any atom is 0.0866 e. The van der Waals surface area contributed by atoms with Crippen molar-refractivity contribution < 1.29 is 5.11 Å². The van der Waals surface area contributed by atoms with Crippen LogP contribution in [-0.4, -0.2) is 20.1 Å². The van der Waals surface area contributed by atoms with E-state index < -0.39 is 0 Å². The highest BCUT2D eigenvalue weighted by atomic mass is 16.3. The van der Waals surface area contributed by atoms with E-state index >= 15 is 0 Å². The van der Waals surface area contributed by atoms with Crippen molar-refractivity contribution in [3.63, 3.8) is 0 Å². The van der Waals surface area contributed by atoms with Gasteiger partial charge in [-0.3, -0.25) is 0 Å². The maximum absolute atomic E-state index is 8.94. The van der Waals surface area contributed by atoms with Crippen molar-refractivity contribution in [3.05, 3.63) is 11.9 Å². The van der Waals surface area contributed by atoms with Gasteiger partial charge in [0, 0.05) is 0 Å². The Morgan fingerprint density at radius 3 is 3.00 bits per heavy atom. The summed E-state index contributed by atoms with van der Waals surface area (Å²) in [6, 6.07) is 0.477. The molecule has 1 N–H and O–H groups in total. The Morgan fingerprint density at radius 1 is 1.67 bits per heavy atom. The molecule has 0 bridgehead atoms. The Morgan fingerprint density at radius 2 is 2.42 bits per heavy atom. The zero-order valence-corrected chi connectivity index (χ0v) is 7.14. The molecule has 0 atom stereocenters. The van der Waals surface area contributed by atoms with Crippen molar-refractivity contribution in [2.45, 2.75) is 32.4 Å². The van der Waals surface area contributed by atoms with E-state index in [4.69, 9.17) is 5.11 Å². The van der Waals surface area contributed by atoms with Crippen LogP contribution in [0.1, 0.15) is 31.5 Å². The summed E-state index contributed by atoms with van der Waals surface area (Å²) in [7, 11) is 0. The van der Waals surface area contributed by atoms with E-state index in [-0.39, 0.29) is 6.61 Å². The first-order valence-corrected chi connectivity index (χ1v) is 4.31. The molecule has 0 aliphatic heterocycles. The van der Waals surface area contributed by atoms with Crippen LogP contribution in [0, 0.1) is 5.92 Å². The van der Waals surface area contributed by atoms with Crippen LogP contribution >= 0.6 is 0 Å². The first kappa shape index (κ1) is 7.73. The molecule has 1 saturated carbocycles. The van der Waals surface area contributed by atoms with E-state index in [1.54, 1.807) is 6.20 Å². The highest BCUT2D eigenvalue weighted by molar-refractivity contribution is 4.96. The Labute approximate surface area is 71.2 Å². The van der Waals surface area contributed by atoms with Crippen molar-refractivity contribution in [1.29, 1.82) is 0 Å². The van der Waals surface area contributed by atoms with Crippen LogP contribution in [-0.2, 0) is 6.61 Å². The van der Waals surface area contributed by atoms with Crippen molar-refractivity contribution >= 4 is 0 Å². The second-order valence-corrected chi connectivity index (χ2v) is 3.56. The lowest BCUT2D eigenvalue weighted by molar-refractivity contribution is 0.179. The maximum atomic E-state index is 8.94. The highest BCUT2D eigenvalue weighted by Crippen LogP contribution is 2.37. The third kappa shape index (κ3) is 1.12. The lowest BCUT2D eigenvalue weighted by Crippen LogP contribution is -2.26. The molecule has 0 saturated heterocycles. The Bertz CT molecular complexity index is 265. The fourth-order valence-electron chi connectivity index (χ4n) is 1.75. The second kappa shape index (κ2) is 2.86. The van der Waals surface area contributed by atoms with Gasteiger partial charge in [0.2, 0.25) is 0 Å². The summed E-state index contributed by atoms with van der Waals surface area (Å²) in [6.45, 7) is 2.27. The van der Waals surface area contributed by atoms with Crippen LogP contribution in [0.15, 0.2) is 6.20 Å². The average Bonchev–Trinajstić information content (AvgIpc) is 2.45. The number of aromatic nitrogens is 3. The summed E-state index contributed by atoms with van der Waals surface area (Å²) in [6.07, 6.45) is 3.95. The van der Waals surface area contributed by atoms with Gasteiger partial charge in [0.15, 0.2) is 0 Å². The zero-order valence-electron chi connectivity index (χ0n) is 7.14. The van der Waals surface area contributed by atoms with Crippen LogP contribution in [0.3, 0.4) is 0 Å². The van der Waals surface area contributed by atoms with Crippen molar-refractivity contribution in [1.82, 2.24) is 15.0 Å². The Balaban J connectivity index is 2.12. The number of rotatable bonds is 2. The zero-order chi connectivity index (χ0) is 8.55. The van der Waals surface area contributed by atoms with E-state index in [2.05, 4.69) is 17.2 Å². The molecule has 0 unspecified atom stereocenters. The van der Waals surface area contributed by atoms with Crippen molar-refractivity contribution in [3.8, 4) is 0 Å². The second-order valence-electron chi connectivity index (χ2n) is 3.56. The molecule has 1 aromatic rings. The van der Waals surface area contributed by atoms with E-state index in [0.717, 1.165) is 24.5 Å². The van der Waals surface area contributed by atoms with Gasteiger partial charge in [0.05, 0.1) is 24.5 Å². The average molecular weight is 167 g/mol. The van der Waals surface area contributed by atoms with Gasteiger partial charge in [-0.15, -0.1) is 5.10 Å². The molecule has 1 aromatic heterocycles. The first-order chi connectivity index (χ1) is 5.81. The third-order valence-corrected chi connectivity index (χ3v) is 2.51. The molecule has 1 aliphatic rings. The number of aliphatic hydroxyl groups excluding tert-OH is 1. The predicted molar refractivity (Wildman–Crippen MR) is 43.4 cm³/mol. The minimum atomic E-state index is 0.0396. The van der Waals surface area contributed by atoms with Gasteiger partial charge < -0.3 is 5.11 Å². The minimum absolute atomic E-state index is 0.0396. The fraction of sp³-hybridized carbons (Fsp3) is 0.750. The molecule has 0 radical (unpaired) electrons. The first-order valence-electron chi connectivity index (χ1n) is 4.31. The molecular weight excluding hydrogens is 154 g/mol. The van der Waals surface area contributed by atoms with Gasteiger partial charge in [-0.05, 0) is 18.8 Å². The molecule has 12 heavy (non-hydrogen) atoms. The normalized spacial score (nSPS) is 28.5. The van der Waals surface area contributed by atoms with Crippen LogP contribution in [0.2, 0.25) is 0 Å². The molecule has 4 nitrogen and oxygen atoms in total. The summed E-state index contributed by atoms with van der Waals surface area (Å²) in [5.41, 5.74) is 0.826.